The zero-order valence-corrected chi connectivity index (χ0v) is 15.6. The number of aliphatic imine (C=N–C) groups is 1. The molecule has 0 unspecified atom stereocenters. The molecule has 0 radical (unpaired) electrons. The predicted molar refractivity (Wildman–Crippen MR) is 105 cm³/mol. The average Bonchev–Trinajstić information content (AvgIpc) is 3.18. The standard InChI is InChI=1S/C20H23N5O3/c21-14-24-20(25-16-7-10-22-11-8-16)23-9-3-1-2-4-12-26-17-5-6-18-19(13-17)28-15-27-18/h5-8,10-11,13H,1-4,9,12,15H2,(H2,22,23,24,25). The molecule has 2 aromatic rings. The first kappa shape index (κ1) is 19.3. The number of hydrogen-bond donors (Lipinski definition) is 2. The van der Waals surface area contributed by atoms with Crippen LogP contribution in [0.4, 0.5) is 5.69 Å². The Hall–Kier alpha value is -3.47. The Balaban J connectivity index is 1.28. The monoisotopic (exact) mass is 381 g/mol. The molecule has 1 aromatic heterocycles. The van der Waals surface area contributed by atoms with E-state index in [9.17, 15) is 0 Å². The van der Waals surface area contributed by atoms with Gasteiger partial charge in [-0.1, -0.05) is 12.8 Å². The summed E-state index contributed by atoms with van der Waals surface area (Å²) >= 11 is 0. The molecule has 8 heteroatoms. The smallest absolute Gasteiger partial charge is 0.231 e. The molecule has 0 amide bonds. The summed E-state index contributed by atoms with van der Waals surface area (Å²) in [5, 5.41) is 14.5. The van der Waals surface area contributed by atoms with Crippen LogP contribution in [0, 0.1) is 11.5 Å². The van der Waals surface area contributed by atoms with Gasteiger partial charge in [0.05, 0.1) is 12.3 Å². The van der Waals surface area contributed by atoms with Crippen molar-refractivity contribution in [1.29, 1.82) is 5.26 Å². The van der Waals surface area contributed by atoms with Crippen molar-refractivity contribution in [3.63, 3.8) is 0 Å². The van der Waals surface area contributed by atoms with Crippen molar-refractivity contribution < 1.29 is 14.2 Å². The normalized spacial score (nSPS) is 12.3. The molecule has 2 N–H and O–H groups in total. The molecule has 0 bridgehead atoms. The van der Waals surface area contributed by atoms with Gasteiger partial charge in [0.2, 0.25) is 12.8 Å². The second-order valence-electron chi connectivity index (χ2n) is 6.11. The van der Waals surface area contributed by atoms with E-state index in [0.29, 0.717) is 12.6 Å². The first-order valence-electron chi connectivity index (χ1n) is 9.25. The highest BCUT2D eigenvalue weighted by Gasteiger charge is 2.13. The molecule has 0 saturated carbocycles. The lowest BCUT2D eigenvalue weighted by atomic mass is 10.2. The summed E-state index contributed by atoms with van der Waals surface area (Å²) in [5.41, 5.74) is 0.737. The van der Waals surface area contributed by atoms with Crippen LogP contribution in [0.25, 0.3) is 0 Å². The largest absolute Gasteiger partial charge is 0.493 e. The number of nitrogens with zero attached hydrogens (tertiary/aromatic N) is 3. The van der Waals surface area contributed by atoms with Crippen LogP contribution in [0.3, 0.4) is 0 Å². The van der Waals surface area contributed by atoms with Crippen molar-refractivity contribution in [2.24, 2.45) is 4.99 Å². The summed E-state index contributed by atoms with van der Waals surface area (Å²) in [5.74, 6) is 2.74. The van der Waals surface area contributed by atoms with Gasteiger partial charge in [-0.2, -0.15) is 5.26 Å². The van der Waals surface area contributed by atoms with Gasteiger partial charge in [0.25, 0.3) is 0 Å². The lowest BCUT2D eigenvalue weighted by Gasteiger charge is -2.09. The van der Waals surface area contributed by atoms with E-state index in [-0.39, 0.29) is 6.79 Å². The molecule has 1 aliphatic heterocycles. The van der Waals surface area contributed by atoms with Gasteiger partial charge in [0.15, 0.2) is 17.7 Å². The van der Waals surface area contributed by atoms with Gasteiger partial charge < -0.3 is 19.5 Å². The van der Waals surface area contributed by atoms with Crippen LogP contribution in [0.15, 0.2) is 47.7 Å². The van der Waals surface area contributed by atoms with Crippen LogP contribution in [0.5, 0.6) is 17.2 Å². The third-order valence-electron chi connectivity index (χ3n) is 4.05. The number of rotatable bonds is 9. The highest BCUT2D eigenvalue weighted by atomic mass is 16.7. The number of nitriles is 1. The Bertz CT molecular complexity index is 820. The number of nitrogens with one attached hydrogen (secondary N) is 2. The number of fused-ring (bicyclic) bond motifs is 1. The fourth-order valence-electron chi connectivity index (χ4n) is 2.66. The number of aromatic nitrogens is 1. The molecule has 1 aliphatic rings. The second-order valence-corrected chi connectivity index (χ2v) is 6.11. The number of ether oxygens (including phenoxy) is 3. The van der Waals surface area contributed by atoms with Crippen molar-refractivity contribution in [3.8, 4) is 23.4 Å². The minimum absolute atomic E-state index is 0.270. The Morgan fingerprint density at radius 3 is 2.79 bits per heavy atom. The molecular formula is C20H23N5O3. The zero-order chi connectivity index (χ0) is 19.4. The summed E-state index contributed by atoms with van der Waals surface area (Å²) < 4.78 is 16.4. The summed E-state index contributed by atoms with van der Waals surface area (Å²) in [7, 11) is 0. The molecule has 0 fully saturated rings. The molecule has 2 heterocycles. The molecule has 0 saturated heterocycles. The minimum Gasteiger partial charge on any atom is -0.493 e. The van der Waals surface area contributed by atoms with Gasteiger partial charge in [-0.15, -0.1) is 0 Å². The molecule has 1 aromatic carbocycles. The maximum absolute atomic E-state index is 8.84. The number of unbranched alkanes of at least 4 members (excludes halogenated alkanes) is 3. The summed E-state index contributed by atoms with van der Waals surface area (Å²) in [4.78, 5) is 8.29. The van der Waals surface area contributed by atoms with Gasteiger partial charge >= 0.3 is 0 Å². The molecule has 0 atom stereocenters. The van der Waals surface area contributed by atoms with Gasteiger partial charge in [-0.25, -0.2) is 4.99 Å². The first-order valence-corrected chi connectivity index (χ1v) is 9.25. The van der Waals surface area contributed by atoms with Gasteiger partial charge in [0.1, 0.15) is 5.75 Å². The summed E-state index contributed by atoms with van der Waals surface area (Å²) in [6, 6.07) is 9.17. The van der Waals surface area contributed by atoms with Crippen molar-refractivity contribution in [2.45, 2.75) is 25.7 Å². The van der Waals surface area contributed by atoms with Crippen LogP contribution >= 0.6 is 0 Å². The van der Waals surface area contributed by atoms with Crippen LogP contribution < -0.4 is 24.8 Å². The van der Waals surface area contributed by atoms with Crippen molar-refractivity contribution >= 4 is 11.6 Å². The van der Waals surface area contributed by atoms with E-state index in [1.165, 1.54) is 0 Å². The van der Waals surface area contributed by atoms with Crippen LogP contribution in [-0.2, 0) is 0 Å². The quantitative estimate of drug-likeness (QED) is 0.226. The fourth-order valence-corrected chi connectivity index (χ4v) is 2.66. The third-order valence-corrected chi connectivity index (χ3v) is 4.05. The SMILES string of the molecule is N#CNC(=Nc1ccncc1)NCCCCCCOc1ccc2c(c1)OCO2. The molecule has 8 nitrogen and oxygen atoms in total. The summed E-state index contributed by atoms with van der Waals surface area (Å²) in [6.07, 6.45) is 9.30. The second kappa shape index (κ2) is 10.6. The average molecular weight is 381 g/mol. The van der Waals surface area contributed by atoms with Crippen LogP contribution in [0.1, 0.15) is 25.7 Å². The Labute approximate surface area is 164 Å². The van der Waals surface area contributed by atoms with Crippen molar-refractivity contribution in [3.05, 3.63) is 42.7 Å². The fraction of sp³-hybridized carbons (Fsp3) is 0.350. The molecule has 3 rings (SSSR count). The lowest BCUT2D eigenvalue weighted by Crippen LogP contribution is -2.34. The van der Waals surface area contributed by atoms with Crippen LogP contribution in [-0.4, -0.2) is 30.9 Å². The highest BCUT2D eigenvalue weighted by molar-refractivity contribution is 5.83. The molecule has 28 heavy (non-hydrogen) atoms. The van der Waals surface area contributed by atoms with Gasteiger partial charge in [-0.05, 0) is 37.1 Å². The van der Waals surface area contributed by atoms with E-state index in [1.807, 2.05) is 24.4 Å². The zero-order valence-electron chi connectivity index (χ0n) is 15.6. The number of benzene rings is 1. The predicted octanol–water partition coefficient (Wildman–Crippen LogP) is 3.10. The summed E-state index contributed by atoms with van der Waals surface area (Å²) in [6.45, 7) is 1.67. The van der Waals surface area contributed by atoms with Gasteiger partial charge in [-0.3, -0.25) is 10.3 Å². The van der Waals surface area contributed by atoms with Gasteiger partial charge in [0, 0.05) is 25.0 Å². The van der Waals surface area contributed by atoms with Crippen molar-refractivity contribution in [1.82, 2.24) is 15.6 Å². The Morgan fingerprint density at radius 2 is 1.93 bits per heavy atom. The number of hydrogen-bond acceptors (Lipinski definition) is 6. The molecule has 0 aliphatic carbocycles. The van der Waals surface area contributed by atoms with Crippen LogP contribution in [0.2, 0.25) is 0 Å². The van der Waals surface area contributed by atoms with E-state index >= 15 is 0 Å². The maximum atomic E-state index is 8.84. The van der Waals surface area contributed by atoms with Crippen molar-refractivity contribution in [2.75, 3.05) is 19.9 Å². The maximum Gasteiger partial charge on any atom is 0.231 e. The topological polar surface area (TPSA) is 101 Å². The number of guanidine groups is 1. The molecule has 0 spiro atoms. The van der Waals surface area contributed by atoms with E-state index in [1.54, 1.807) is 24.5 Å². The lowest BCUT2D eigenvalue weighted by molar-refractivity contribution is 0.173. The van der Waals surface area contributed by atoms with E-state index < -0.39 is 0 Å². The minimum atomic E-state index is 0.270. The Morgan fingerprint density at radius 1 is 1.11 bits per heavy atom. The highest BCUT2D eigenvalue weighted by Crippen LogP contribution is 2.35. The van der Waals surface area contributed by atoms with E-state index in [2.05, 4.69) is 20.6 Å². The number of pyridine rings is 1. The van der Waals surface area contributed by atoms with E-state index in [0.717, 1.165) is 55.2 Å². The Kier molecular flexibility index (Phi) is 7.32. The molecular weight excluding hydrogens is 358 g/mol. The van der Waals surface area contributed by atoms with E-state index in [4.69, 9.17) is 19.5 Å². The first-order chi connectivity index (χ1) is 13.8. The third kappa shape index (κ3) is 6.06. The molecule has 146 valence electrons.